The van der Waals surface area contributed by atoms with Crippen LogP contribution in [0.5, 0.6) is 0 Å². The number of aromatic nitrogens is 2. The molecule has 2 aromatic heterocycles. The van der Waals surface area contributed by atoms with E-state index in [1.54, 1.807) is 18.4 Å². The molecule has 0 radical (unpaired) electrons. The summed E-state index contributed by atoms with van der Waals surface area (Å²) in [6, 6.07) is 12.9. The number of benzene rings is 1. The Morgan fingerprint density at radius 2 is 2.00 bits per heavy atom. The third kappa shape index (κ3) is 3.96. The summed E-state index contributed by atoms with van der Waals surface area (Å²) in [5, 5.41) is 3.17. The van der Waals surface area contributed by atoms with E-state index in [0.29, 0.717) is 29.6 Å². The molecule has 0 spiro atoms. The third-order valence-electron chi connectivity index (χ3n) is 3.23. The average Bonchev–Trinajstić information content (AvgIpc) is 3.05. The lowest BCUT2D eigenvalue weighted by Gasteiger charge is -2.03. The van der Waals surface area contributed by atoms with Crippen LogP contribution in [-0.4, -0.2) is 22.4 Å². The van der Waals surface area contributed by atoms with Crippen LogP contribution in [0.15, 0.2) is 59.3 Å². The SMILES string of the molecule is O=C(NCCc1coc(-c2ccccc2)n1)c1ccc(Cl)nc1. The quantitative estimate of drug-likeness (QED) is 0.730. The van der Waals surface area contributed by atoms with Gasteiger partial charge in [-0.25, -0.2) is 9.97 Å². The zero-order chi connectivity index (χ0) is 16.1. The molecule has 2 heterocycles. The van der Waals surface area contributed by atoms with Crippen molar-refractivity contribution in [3.63, 3.8) is 0 Å². The molecule has 0 aliphatic rings. The molecule has 0 saturated heterocycles. The number of pyridine rings is 1. The Morgan fingerprint density at radius 1 is 1.17 bits per heavy atom. The van der Waals surface area contributed by atoms with Crippen LogP contribution >= 0.6 is 11.6 Å². The highest BCUT2D eigenvalue weighted by atomic mass is 35.5. The molecule has 23 heavy (non-hydrogen) atoms. The van der Waals surface area contributed by atoms with Gasteiger partial charge >= 0.3 is 0 Å². The van der Waals surface area contributed by atoms with E-state index in [1.807, 2.05) is 30.3 Å². The van der Waals surface area contributed by atoms with Crippen molar-refractivity contribution in [1.29, 1.82) is 0 Å². The molecular formula is C17H14ClN3O2. The molecule has 1 aromatic carbocycles. The Morgan fingerprint density at radius 3 is 2.74 bits per heavy atom. The largest absolute Gasteiger partial charge is 0.444 e. The Hall–Kier alpha value is -2.66. The first kappa shape index (κ1) is 15.2. The maximum Gasteiger partial charge on any atom is 0.252 e. The minimum Gasteiger partial charge on any atom is -0.444 e. The summed E-state index contributed by atoms with van der Waals surface area (Å²) in [4.78, 5) is 20.2. The monoisotopic (exact) mass is 327 g/mol. The lowest BCUT2D eigenvalue weighted by Crippen LogP contribution is -2.25. The van der Waals surface area contributed by atoms with Gasteiger partial charge in [0.25, 0.3) is 5.91 Å². The maximum atomic E-state index is 11.9. The fourth-order valence-corrected chi connectivity index (χ4v) is 2.16. The minimum atomic E-state index is -0.194. The summed E-state index contributed by atoms with van der Waals surface area (Å²) < 4.78 is 5.46. The number of halogens is 1. The molecule has 116 valence electrons. The molecule has 3 aromatic rings. The van der Waals surface area contributed by atoms with Crippen molar-refractivity contribution in [2.75, 3.05) is 6.54 Å². The van der Waals surface area contributed by atoms with Crippen molar-refractivity contribution in [3.05, 3.63) is 71.3 Å². The number of nitrogens with zero attached hydrogens (tertiary/aromatic N) is 2. The summed E-state index contributed by atoms with van der Waals surface area (Å²) >= 11 is 5.69. The smallest absolute Gasteiger partial charge is 0.252 e. The highest BCUT2D eigenvalue weighted by Gasteiger charge is 2.08. The van der Waals surface area contributed by atoms with Gasteiger partial charge in [0.15, 0.2) is 0 Å². The van der Waals surface area contributed by atoms with Gasteiger partial charge in [0, 0.05) is 24.7 Å². The van der Waals surface area contributed by atoms with E-state index in [-0.39, 0.29) is 5.91 Å². The lowest BCUT2D eigenvalue weighted by atomic mass is 10.2. The Balaban J connectivity index is 1.54. The second kappa shape index (κ2) is 7.07. The number of hydrogen-bond donors (Lipinski definition) is 1. The van der Waals surface area contributed by atoms with Crippen molar-refractivity contribution in [3.8, 4) is 11.5 Å². The Kier molecular flexibility index (Phi) is 4.68. The summed E-state index contributed by atoms with van der Waals surface area (Å²) in [7, 11) is 0. The van der Waals surface area contributed by atoms with Gasteiger partial charge in [-0.2, -0.15) is 0 Å². The van der Waals surface area contributed by atoms with Crippen LogP contribution in [0, 0.1) is 0 Å². The third-order valence-corrected chi connectivity index (χ3v) is 3.45. The molecular weight excluding hydrogens is 314 g/mol. The molecule has 1 N–H and O–H groups in total. The molecule has 0 aliphatic carbocycles. The van der Waals surface area contributed by atoms with Crippen LogP contribution in [0.25, 0.3) is 11.5 Å². The predicted octanol–water partition coefficient (Wildman–Crippen LogP) is 3.36. The first-order valence-electron chi connectivity index (χ1n) is 7.12. The summed E-state index contributed by atoms with van der Waals surface area (Å²) in [5.74, 6) is 0.384. The summed E-state index contributed by atoms with van der Waals surface area (Å²) in [6.07, 6.45) is 3.64. The maximum absolute atomic E-state index is 11.9. The molecule has 1 amide bonds. The molecule has 0 saturated carbocycles. The van der Waals surface area contributed by atoms with Crippen LogP contribution in [-0.2, 0) is 6.42 Å². The Labute approximate surface area is 138 Å². The van der Waals surface area contributed by atoms with Gasteiger partial charge in [0.05, 0.1) is 11.3 Å². The van der Waals surface area contributed by atoms with Gasteiger partial charge in [-0.05, 0) is 24.3 Å². The zero-order valence-corrected chi connectivity index (χ0v) is 13.0. The van der Waals surface area contributed by atoms with Gasteiger partial charge in [-0.3, -0.25) is 4.79 Å². The molecule has 6 heteroatoms. The fraction of sp³-hybridized carbons (Fsp3) is 0.118. The first-order valence-corrected chi connectivity index (χ1v) is 7.50. The molecule has 0 bridgehead atoms. The second-order valence-corrected chi connectivity index (χ2v) is 5.27. The standard InChI is InChI=1S/C17H14ClN3O2/c18-15-7-6-13(10-20-15)16(22)19-9-8-14-11-23-17(21-14)12-4-2-1-3-5-12/h1-7,10-11H,8-9H2,(H,19,22). The van der Waals surface area contributed by atoms with Crippen molar-refractivity contribution in [2.45, 2.75) is 6.42 Å². The van der Waals surface area contributed by atoms with Gasteiger partial charge in [0.1, 0.15) is 11.4 Å². The summed E-state index contributed by atoms with van der Waals surface area (Å²) in [6.45, 7) is 0.461. The van der Waals surface area contributed by atoms with E-state index in [2.05, 4.69) is 15.3 Å². The molecule has 0 fully saturated rings. The van der Waals surface area contributed by atoms with Crippen LogP contribution in [0.3, 0.4) is 0 Å². The minimum absolute atomic E-state index is 0.194. The summed E-state index contributed by atoms with van der Waals surface area (Å²) in [5.41, 5.74) is 2.19. The van der Waals surface area contributed by atoms with E-state index in [1.165, 1.54) is 6.20 Å². The van der Waals surface area contributed by atoms with Gasteiger partial charge in [-0.1, -0.05) is 29.8 Å². The van der Waals surface area contributed by atoms with Crippen molar-refractivity contribution < 1.29 is 9.21 Å². The van der Waals surface area contributed by atoms with Gasteiger partial charge in [-0.15, -0.1) is 0 Å². The van der Waals surface area contributed by atoms with Crippen LogP contribution < -0.4 is 5.32 Å². The number of carbonyl (C=O) groups excluding carboxylic acids is 1. The van der Waals surface area contributed by atoms with Gasteiger partial charge < -0.3 is 9.73 Å². The molecule has 0 unspecified atom stereocenters. The van der Waals surface area contributed by atoms with E-state index >= 15 is 0 Å². The predicted molar refractivity (Wildman–Crippen MR) is 87.2 cm³/mol. The van der Waals surface area contributed by atoms with Crippen LogP contribution in [0.1, 0.15) is 16.1 Å². The van der Waals surface area contributed by atoms with Crippen molar-refractivity contribution in [2.24, 2.45) is 0 Å². The number of amides is 1. The van der Waals surface area contributed by atoms with E-state index in [0.717, 1.165) is 11.3 Å². The number of hydrogen-bond acceptors (Lipinski definition) is 4. The van der Waals surface area contributed by atoms with Gasteiger partial charge in [0.2, 0.25) is 5.89 Å². The topological polar surface area (TPSA) is 68.0 Å². The van der Waals surface area contributed by atoms with Crippen LogP contribution in [0.2, 0.25) is 5.15 Å². The molecule has 3 rings (SSSR count). The Bertz CT molecular complexity index is 785. The molecule has 0 atom stereocenters. The normalized spacial score (nSPS) is 10.5. The van der Waals surface area contributed by atoms with E-state index in [4.69, 9.17) is 16.0 Å². The van der Waals surface area contributed by atoms with E-state index in [9.17, 15) is 4.79 Å². The second-order valence-electron chi connectivity index (χ2n) is 4.89. The van der Waals surface area contributed by atoms with E-state index < -0.39 is 0 Å². The first-order chi connectivity index (χ1) is 11.2. The van der Waals surface area contributed by atoms with Crippen molar-refractivity contribution >= 4 is 17.5 Å². The van der Waals surface area contributed by atoms with Crippen molar-refractivity contribution in [1.82, 2.24) is 15.3 Å². The fourth-order valence-electron chi connectivity index (χ4n) is 2.05. The average molecular weight is 328 g/mol. The van der Waals surface area contributed by atoms with Crippen LogP contribution in [0.4, 0.5) is 0 Å². The highest BCUT2D eigenvalue weighted by Crippen LogP contribution is 2.17. The number of carbonyl (C=O) groups is 1. The number of nitrogens with one attached hydrogen (secondary N) is 1. The zero-order valence-electron chi connectivity index (χ0n) is 12.2. The lowest BCUT2D eigenvalue weighted by molar-refractivity contribution is 0.0953. The highest BCUT2D eigenvalue weighted by molar-refractivity contribution is 6.29. The molecule has 5 nitrogen and oxygen atoms in total. The number of rotatable bonds is 5. The number of oxazole rings is 1. The molecule has 0 aliphatic heterocycles.